The summed E-state index contributed by atoms with van der Waals surface area (Å²) in [5.74, 6) is 0.109. The molecule has 3 nitrogen and oxygen atoms in total. The normalized spacial score (nSPS) is 18.0. The monoisotopic (exact) mass is 279 g/mol. The van der Waals surface area contributed by atoms with Crippen molar-refractivity contribution in [3.63, 3.8) is 0 Å². The average Bonchev–Trinajstić information content (AvgIpc) is 2.89. The van der Waals surface area contributed by atoms with Crippen LogP contribution in [0.5, 0.6) is 0 Å². The molecule has 0 bridgehead atoms. The number of aliphatic hydroxyl groups is 1. The topological polar surface area (TPSA) is 40.5 Å². The summed E-state index contributed by atoms with van der Waals surface area (Å²) in [6.45, 7) is 0.616. The summed E-state index contributed by atoms with van der Waals surface area (Å²) >= 11 is 5.82. The molecule has 0 unspecified atom stereocenters. The maximum absolute atomic E-state index is 12.0. The third kappa shape index (κ3) is 3.82. The molecule has 1 atom stereocenters. The molecule has 4 heteroatoms. The zero-order valence-electron chi connectivity index (χ0n) is 10.8. The summed E-state index contributed by atoms with van der Waals surface area (Å²) in [5, 5.41) is 9.89. The molecule has 19 heavy (non-hydrogen) atoms. The number of hydrogen-bond donors (Lipinski definition) is 1. The van der Waals surface area contributed by atoms with Gasteiger partial charge in [0.05, 0.1) is 12.6 Å². The van der Waals surface area contributed by atoms with Crippen LogP contribution in [0.4, 0.5) is 0 Å². The van der Waals surface area contributed by atoms with Crippen LogP contribution >= 0.6 is 11.6 Å². The predicted molar refractivity (Wildman–Crippen MR) is 76.1 cm³/mol. The average molecular weight is 280 g/mol. The van der Waals surface area contributed by atoms with E-state index in [0.29, 0.717) is 13.0 Å². The highest BCUT2D eigenvalue weighted by molar-refractivity contribution is 6.30. The lowest BCUT2D eigenvalue weighted by Crippen LogP contribution is -2.38. The number of amides is 1. The lowest BCUT2D eigenvalue weighted by Gasteiger charge is -2.22. The number of rotatable bonds is 5. The molecule has 102 valence electrons. The Balaban J connectivity index is 1.76. The Kier molecular flexibility index (Phi) is 5.00. The molecule has 1 aromatic rings. The SMILES string of the molecule is O=C(CCCc1ccc(Cl)cc1)N1CC=C[C@@H]1CO. The number of halogens is 1. The fourth-order valence-corrected chi connectivity index (χ4v) is 2.38. The van der Waals surface area contributed by atoms with E-state index >= 15 is 0 Å². The van der Waals surface area contributed by atoms with Crippen LogP contribution in [-0.2, 0) is 11.2 Å². The summed E-state index contributed by atoms with van der Waals surface area (Å²) < 4.78 is 0. The maximum atomic E-state index is 12.0. The molecule has 1 amide bonds. The first kappa shape index (κ1) is 14.1. The van der Waals surface area contributed by atoms with Crippen LogP contribution in [0.1, 0.15) is 18.4 Å². The molecule has 1 aliphatic heterocycles. The lowest BCUT2D eigenvalue weighted by molar-refractivity contribution is -0.132. The largest absolute Gasteiger partial charge is 0.394 e. The van der Waals surface area contributed by atoms with Crippen LogP contribution in [0.15, 0.2) is 36.4 Å². The Morgan fingerprint density at radius 2 is 2.11 bits per heavy atom. The van der Waals surface area contributed by atoms with Gasteiger partial charge in [0.1, 0.15) is 0 Å². The van der Waals surface area contributed by atoms with E-state index in [0.717, 1.165) is 17.9 Å². The number of aliphatic hydroxyl groups excluding tert-OH is 1. The van der Waals surface area contributed by atoms with Gasteiger partial charge in [-0.1, -0.05) is 35.9 Å². The smallest absolute Gasteiger partial charge is 0.223 e. The van der Waals surface area contributed by atoms with Crippen LogP contribution in [0.3, 0.4) is 0 Å². The van der Waals surface area contributed by atoms with Gasteiger partial charge in [-0.2, -0.15) is 0 Å². The number of carbonyl (C=O) groups excluding carboxylic acids is 1. The molecule has 0 radical (unpaired) electrons. The number of carbonyl (C=O) groups is 1. The third-order valence-corrected chi connectivity index (χ3v) is 3.59. The molecule has 0 fully saturated rings. The molecule has 1 aromatic carbocycles. The Labute approximate surface area is 118 Å². The zero-order valence-corrected chi connectivity index (χ0v) is 11.5. The molecule has 2 rings (SSSR count). The van der Waals surface area contributed by atoms with Crippen molar-refractivity contribution in [3.8, 4) is 0 Å². The standard InChI is InChI=1S/C15H18ClNO2/c16-13-8-6-12(7-9-13)3-1-5-15(19)17-10-2-4-14(17)11-18/h2,4,6-9,14,18H,1,3,5,10-11H2/t14-/m1/s1. The summed E-state index contributed by atoms with van der Waals surface area (Å²) in [6.07, 6.45) is 6.01. The second-order valence-corrected chi connectivity index (χ2v) is 5.14. The van der Waals surface area contributed by atoms with Gasteiger partial charge in [-0.05, 0) is 30.5 Å². The van der Waals surface area contributed by atoms with Crippen LogP contribution in [0.25, 0.3) is 0 Å². The molecular formula is C15H18ClNO2. The van der Waals surface area contributed by atoms with E-state index in [1.165, 1.54) is 5.56 Å². The van der Waals surface area contributed by atoms with Gasteiger partial charge in [-0.15, -0.1) is 0 Å². The van der Waals surface area contributed by atoms with Crippen molar-refractivity contribution in [2.75, 3.05) is 13.2 Å². The van der Waals surface area contributed by atoms with Crippen LogP contribution in [0.2, 0.25) is 5.02 Å². The highest BCUT2D eigenvalue weighted by Crippen LogP contribution is 2.14. The van der Waals surface area contributed by atoms with Gasteiger partial charge in [0.25, 0.3) is 0 Å². The number of hydrogen-bond acceptors (Lipinski definition) is 2. The summed E-state index contributed by atoms with van der Waals surface area (Å²) in [7, 11) is 0. The number of aryl methyl sites for hydroxylation is 1. The number of benzene rings is 1. The van der Waals surface area contributed by atoms with Crippen molar-refractivity contribution < 1.29 is 9.90 Å². The van der Waals surface area contributed by atoms with E-state index in [2.05, 4.69) is 0 Å². The van der Waals surface area contributed by atoms with Gasteiger partial charge < -0.3 is 10.0 Å². The first-order valence-corrected chi connectivity index (χ1v) is 6.90. The molecule has 1 aliphatic rings. The third-order valence-electron chi connectivity index (χ3n) is 3.34. The van der Waals surface area contributed by atoms with Gasteiger partial charge >= 0.3 is 0 Å². The fourth-order valence-electron chi connectivity index (χ4n) is 2.26. The molecule has 0 saturated heterocycles. The molecule has 1 N–H and O–H groups in total. The van der Waals surface area contributed by atoms with Gasteiger partial charge in [-0.3, -0.25) is 4.79 Å². The van der Waals surface area contributed by atoms with E-state index in [4.69, 9.17) is 16.7 Å². The highest BCUT2D eigenvalue weighted by atomic mass is 35.5. The second kappa shape index (κ2) is 6.73. The summed E-state index contributed by atoms with van der Waals surface area (Å²) in [6, 6.07) is 7.57. The van der Waals surface area contributed by atoms with Gasteiger partial charge in [0.2, 0.25) is 5.91 Å². The lowest BCUT2D eigenvalue weighted by atomic mass is 10.1. The van der Waals surface area contributed by atoms with Crippen molar-refractivity contribution in [3.05, 3.63) is 47.0 Å². The first-order chi connectivity index (χ1) is 9.20. The van der Waals surface area contributed by atoms with E-state index in [-0.39, 0.29) is 18.6 Å². The van der Waals surface area contributed by atoms with Gasteiger partial charge in [-0.25, -0.2) is 0 Å². The van der Waals surface area contributed by atoms with E-state index < -0.39 is 0 Å². The zero-order chi connectivity index (χ0) is 13.7. The van der Waals surface area contributed by atoms with Crippen molar-refractivity contribution >= 4 is 17.5 Å². The molecular weight excluding hydrogens is 262 g/mol. The Morgan fingerprint density at radius 1 is 1.37 bits per heavy atom. The predicted octanol–water partition coefficient (Wildman–Crippen LogP) is 2.42. The van der Waals surface area contributed by atoms with Crippen LogP contribution < -0.4 is 0 Å². The van der Waals surface area contributed by atoms with Crippen molar-refractivity contribution in [1.29, 1.82) is 0 Å². The van der Waals surface area contributed by atoms with Crippen molar-refractivity contribution in [2.24, 2.45) is 0 Å². The quantitative estimate of drug-likeness (QED) is 0.841. The van der Waals surface area contributed by atoms with Gasteiger partial charge in [0.15, 0.2) is 0 Å². The van der Waals surface area contributed by atoms with Crippen molar-refractivity contribution in [1.82, 2.24) is 4.90 Å². The Hall–Kier alpha value is -1.32. The molecule has 0 spiro atoms. The minimum atomic E-state index is -0.136. The van der Waals surface area contributed by atoms with Crippen LogP contribution in [0, 0.1) is 0 Å². The minimum Gasteiger partial charge on any atom is -0.394 e. The molecule has 0 aliphatic carbocycles. The van der Waals surface area contributed by atoms with E-state index in [1.807, 2.05) is 36.4 Å². The highest BCUT2D eigenvalue weighted by Gasteiger charge is 2.23. The summed E-state index contributed by atoms with van der Waals surface area (Å²) in [5.41, 5.74) is 1.19. The number of nitrogens with zero attached hydrogens (tertiary/aromatic N) is 1. The molecule has 0 aromatic heterocycles. The van der Waals surface area contributed by atoms with Crippen molar-refractivity contribution in [2.45, 2.75) is 25.3 Å². The summed E-state index contributed by atoms with van der Waals surface area (Å²) in [4.78, 5) is 13.7. The van der Waals surface area contributed by atoms with Gasteiger partial charge in [0, 0.05) is 18.0 Å². The van der Waals surface area contributed by atoms with E-state index in [9.17, 15) is 4.79 Å². The maximum Gasteiger partial charge on any atom is 0.223 e. The minimum absolute atomic E-state index is 0.000571. The first-order valence-electron chi connectivity index (χ1n) is 6.52. The van der Waals surface area contributed by atoms with E-state index in [1.54, 1.807) is 4.90 Å². The Bertz CT molecular complexity index is 456. The fraction of sp³-hybridized carbons (Fsp3) is 0.400. The molecule has 1 heterocycles. The van der Waals surface area contributed by atoms with Crippen LogP contribution in [-0.4, -0.2) is 35.1 Å². The second-order valence-electron chi connectivity index (χ2n) is 4.70. The molecule has 0 saturated carbocycles. The Morgan fingerprint density at radius 3 is 2.79 bits per heavy atom.